The number of carboxylic acids is 1. The summed E-state index contributed by atoms with van der Waals surface area (Å²) in [7, 11) is -3.80. The van der Waals surface area contributed by atoms with Gasteiger partial charge in [0.05, 0.1) is 16.1 Å². The standard InChI is InChI=1S/C24H31N3O4S/c1-18-6-4-8-21(14-18)32(30,31)25-20-9-10-23(22(15-20)24(28)29)27-13-5-7-19(17-27)16-26-11-2-3-12-26/h4,6,8-10,14-15,19,25H,2-3,5,7,11-13,16-17H2,1H3,(H,28,29). The molecule has 2 aliphatic rings. The fourth-order valence-corrected chi connectivity index (χ4v) is 5.96. The largest absolute Gasteiger partial charge is 0.478 e. The number of carboxylic acid groups (broad SMARTS) is 1. The topological polar surface area (TPSA) is 90.0 Å². The number of anilines is 2. The van der Waals surface area contributed by atoms with Crippen molar-refractivity contribution in [3.8, 4) is 0 Å². The van der Waals surface area contributed by atoms with Crippen LogP contribution in [0.15, 0.2) is 47.4 Å². The van der Waals surface area contributed by atoms with Gasteiger partial charge < -0.3 is 14.9 Å². The lowest BCUT2D eigenvalue weighted by molar-refractivity contribution is 0.0697. The van der Waals surface area contributed by atoms with E-state index < -0.39 is 16.0 Å². The predicted molar refractivity (Wildman–Crippen MR) is 126 cm³/mol. The van der Waals surface area contributed by atoms with Gasteiger partial charge in [0.25, 0.3) is 10.0 Å². The Bertz CT molecular complexity index is 1080. The van der Waals surface area contributed by atoms with Gasteiger partial charge in [-0.05, 0) is 87.5 Å². The molecule has 1 unspecified atom stereocenters. The molecule has 2 N–H and O–H groups in total. The predicted octanol–water partition coefficient (Wildman–Crippen LogP) is 3.81. The van der Waals surface area contributed by atoms with Crippen LogP contribution in [0.3, 0.4) is 0 Å². The Morgan fingerprint density at radius 3 is 2.59 bits per heavy atom. The molecule has 0 amide bonds. The highest BCUT2D eigenvalue weighted by Gasteiger charge is 2.26. The average Bonchev–Trinajstić information content (AvgIpc) is 3.26. The molecule has 1 atom stereocenters. The van der Waals surface area contributed by atoms with E-state index in [-0.39, 0.29) is 16.1 Å². The molecular formula is C24H31N3O4S. The van der Waals surface area contributed by atoms with Gasteiger partial charge in [0.1, 0.15) is 0 Å². The van der Waals surface area contributed by atoms with Crippen molar-refractivity contribution in [1.82, 2.24) is 4.90 Å². The second kappa shape index (κ2) is 9.50. The number of benzene rings is 2. The molecular weight excluding hydrogens is 426 g/mol. The molecule has 0 saturated carbocycles. The highest BCUT2D eigenvalue weighted by atomic mass is 32.2. The first-order valence-electron chi connectivity index (χ1n) is 11.3. The second-order valence-corrected chi connectivity index (χ2v) is 10.6. The van der Waals surface area contributed by atoms with E-state index in [4.69, 9.17) is 0 Å². The zero-order chi connectivity index (χ0) is 22.7. The Morgan fingerprint density at radius 1 is 1.09 bits per heavy atom. The monoisotopic (exact) mass is 457 g/mol. The summed E-state index contributed by atoms with van der Waals surface area (Å²) in [6.45, 7) is 6.84. The second-order valence-electron chi connectivity index (χ2n) is 8.92. The number of piperidine rings is 1. The number of hydrogen-bond donors (Lipinski definition) is 2. The molecule has 0 aliphatic carbocycles. The summed E-state index contributed by atoms with van der Waals surface area (Å²) in [6, 6.07) is 11.4. The molecule has 32 heavy (non-hydrogen) atoms. The first-order valence-corrected chi connectivity index (χ1v) is 12.7. The highest BCUT2D eigenvalue weighted by molar-refractivity contribution is 7.92. The Kier molecular flexibility index (Phi) is 6.71. The van der Waals surface area contributed by atoms with Gasteiger partial charge in [0.2, 0.25) is 0 Å². The smallest absolute Gasteiger partial charge is 0.337 e. The van der Waals surface area contributed by atoms with Crippen LogP contribution < -0.4 is 9.62 Å². The summed E-state index contributed by atoms with van der Waals surface area (Å²) in [4.78, 5) is 16.9. The molecule has 2 aliphatic heterocycles. The van der Waals surface area contributed by atoms with E-state index in [2.05, 4.69) is 14.5 Å². The molecule has 2 saturated heterocycles. The van der Waals surface area contributed by atoms with Crippen molar-refractivity contribution in [3.05, 3.63) is 53.6 Å². The SMILES string of the molecule is Cc1cccc(S(=O)(=O)Nc2ccc(N3CCCC(CN4CCCC4)C3)c(C(=O)O)c2)c1. The zero-order valence-corrected chi connectivity index (χ0v) is 19.3. The van der Waals surface area contributed by atoms with Crippen LogP contribution in [0.1, 0.15) is 41.6 Å². The molecule has 2 aromatic carbocycles. The van der Waals surface area contributed by atoms with Crippen LogP contribution in [0.5, 0.6) is 0 Å². The number of nitrogens with one attached hydrogen (secondary N) is 1. The average molecular weight is 458 g/mol. The molecule has 4 rings (SSSR count). The lowest BCUT2D eigenvalue weighted by atomic mass is 9.96. The third kappa shape index (κ3) is 5.24. The minimum atomic E-state index is -3.80. The minimum absolute atomic E-state index is 0.122. The first kappa shape index (κ1) is 22.6. The highest BCUT2D eigenvalue weighted by Crippen LogP contribution is 2.30. The Morgan fingerprint density at radius 2 is 1.88 bits per heavy atom. The van der Waals surface area contributed by atoms with Crippen LogP contribution in [0.2, 0.25) is 0 Å². The molecule has 0 radical (unpaired) electrons. The number of carbonyl (C=O) groups is 1. The molecule has 172 valence electrons. The van der Waals surface area contributed by atoms with Gasteiger partial charge in [0.15, 0.2) is 0 Å². The Labute approximate surface area is 190 Å². The Hall–Kier alpha value is -2.58. The third-order valence-electron chi connectivity index (χ3n) is 6.35. The summed E-state index contributed by atoms with van der Waals surface area (Å²) in [5.41, 5.74) is 1.86. The van der Waals surface area contributed by atoms with E-state index in [1.807, 2.05) is 13.0 Å². The number of rotatable bonds is 7. The quantitative estimate of drug-likeness (QED) is 0.657. The Balaban J connectivity index is 1.53. The summed E-state index contributed by atoms with van der Waals surface area (Å²) in [5.74, 6) is -0.540. The van der Waals surface area contributed by atoms with Crippen LogP contribution in [0, 0.1) is 12.8 Å². The third-order valence-corrected chi connectivity index (χ3v) is 7.73. The van der Waals surface area contributed by atoms with Crippen LogP contribution in [-0.2, 0) is 10.0 Å². The minimum Gasteiger partial charge on any atom is -0.478 e. The molecule has 7 nitrogen and oxygen atoms in total. The van der Waals surface area contributed by atoms with Crippen molar-refractivity contribution < 1.29 is 18.3 Å². The lowest BCUT2D eigenvalue weighted by Gasteiger charge is -2.36. The van der Waals surface area contributed by atoms with E-state index in [0.717, 1.165) is 51.1 Å². The van der Waals surface area contributed by atoms with Crippen molar-refractivity contribution >= 4 is 27.4 Å². The van der Waals surface area contributed by atoms with Gasteiger partial charge >= 0.3 is 5.97 Å². The molecule has 0 aromatic heterocycles. The molecule has 2 aromatic rings. The van der Waals surface area contributed by atoms with Gasteiger partial charge in [-0.25, -0.2) is 13.2 Å². The van der Waals surface area contributed by atoms with Gasteiger partial charge in [-0.15, -0.1) is 0 Å². The lowest BCUT2D eigenvalue weighted by Crippen LogP contribution is -2.41. The van der Waals surface area contributed by atoms with Gasteiger partial charge in [-0.2, -0.15) is 0 Å². The van der Waals surface area contributed by atoms with Crippen LogP contribution in [0.25, 0.3) is 0 Å². The number of likely N-dealkylation sites (tertiary alicyclic amines) is 1. The molecule has 8 heteroatoms. The van der Waals surface area contributed by atoms with E-state index in [9.17, 15) is 18.3 Å². The van der Waals surface area contributed by atoms with Crippen LogP contribution in [-0.4, -0.2) is 57.1 Å². The van der Waals surface area contributed by atoms with E-state index in [1.165, 1.54) is 25.0 Å². The van der Waals surface area contributed by atoms with Crippen molar-refractivity contribution in [2.24, 2.45) is 5.92 Å². The van der Waals surface area contributed by atoms with E-state index >= 15 is 0 Å². The van der Waals surface area contributed by atoms with Crippen molar-refractivity contribution in [2.75, 3.05) is 42.3 Å². The van der Waals surface area contributed by atoms with Crippen molar-refractivity contribution in [2.45, 2.75) is 37.5 Å². The van der Waals surface area contributed by atoms with Crippen molar-refractivity contribution in [3.63, 3.8) is 0 Å². The van der Waals surface area contributed by atoms with E-state index in [1.54, 1.807) is 24.3 Å². The van der Waals surface area contributed by atoms with Crippen LogP contribution >= 0.6 is 0 Å². The zero-order valence-electron chi connectivity index (χ0n) is 18.5. The molecule has 0 bridgehead atoms. The number of aromatic carboxylic acids is 1. The molecule has 2 fully saturated rings. The number of sulfonamides is 1. The van der Waals surface area contributed by atoms with Crippen molar-refractivity contribution in [1.29, 1.82) is 0 Å². The summed E-state index contributed by atoms with van der Waals surface area (Å²) in [6.07, 6.45) is 4.71. The maximum Gasteiger partial charge on any atom is 0.337 e. The normalized spacial score (nSPS) is 19.8. The van der Waals surface area contributed by atoms with Gasteiger partial charge in [0, 0.05) is 25.3 Å². The number of nitrogens with zero attached hydrogens (tertiary/aromatic N) is 2. The molecule has 2 heterocycles. The number of aryl methyl sites for hydroxylation is 1. The fraction of sp³-hybridized carbons (Fsp3) is 0.458. The summed E-state index contributed by atoms with van der Waals surface area (Å²) < 4.78 is 28.0. The summed E-state index contributed by atoms with van der Waals surface area (Å²) >= 11 is 0. The van der Waals surface area contributed by atoms with Crippen LogP contribution in [0.4, 0.5) is 11.4 Å². The van der Waals surface area contributed by atoms with Gasteiger partial charge in [-0.1, -0.05) is 12.1 Å². The molecule has 0 spiro atoms. The summed E-state index contributed by atoms with van der Waals surface area (Å²) in [5, 5.41) is 9.86. The van der Waals surface area contributed by atoms with Gasteiger partial charge in [-0.3, -0.25) is 4.72 Å². The van der Waals surface area contributed by atoms with E-state index in [0.29, 0.717) is 11.6 Å². The number of hydrogen-bond acceptors (Lipinski definition) is 5. The fourth-order valence-electron chi connectivity index (χ4n) is 4.81. The maximum atomic E-state index is 12.8. The first-order chi connectivity index (χ1) is 15.3. The maximum absolute atomic E-state index is 12.8.